The minimum atomic E-state index is 0.385. The average Bonchev–Trinajstić information content (AvgIpc) is 2.32. The molecule has 106 valence electrons. The Labute approximate surface area is 117 Å². The summed E-state index contributed by atoms with van der Waals surface area (Å²) in [5.41, 5.74) is 2.52. The quantitative estimate of drug-likeness (QED) is 0.887. The highest BCUT2D eigenvalue weighted by Gasteiger charge is 2.26. The molecule has 2 atom stereocenters. The first-order chi connectivity index (χ1) is 9.10. The van der Waals surface area contributed by atoms with Gasteiger partial charge in [-0.25, -0.2) is 0 Å². The molecule has 2 nitrogen and oxygen atoms in total. The predicted octanol–water partition coefficient (Wildman–Crippen LogP) is 3.92. The van der Waals surface area contributed by atoms with Gasteiger partial charge in [0.15, 0.2) is 0 Å². The van der Waals surface area contributed by atoms with Crippen LogP contribution in [0.4, 0.5) is 0 Å². The molecule has 0 aromatic heterocycles. The van der Waals surface area contributed by atoms with Gasteiger partial charge in [-0.05, 0) is 50.6 Å². The number of hydrogen-bond donors (Lipinski definition) is 1. The standard InChI is InChI=1S/C17H27NO/c1-12-8-13(2)10-16(9-12)19-17-14(3)6-5-7-15(17)11-18-4/h5-7,12-13,16,18H,8-11H2,1-4H3. The second-order valence-corrected chi connectivity index (χ2v) is 6.25. The van der Waals surface area contributed by atoms with Gasteiger partial charge in [-0.3, -0.25) is 0 Å². The van der Waals surface area contributed by atoms with Crippen molar-refractivity contribution in [3.05, 3.63) is 29.3 Å². The van der Waals surface area contributed by atoms with Crippen LogP contribution in [0.5, 0.6) is 5.75 Å². The number of aryl methyl sites for hydroxylation is 1. The van der Waals surface area contributed by atoms with Crippen molar-refractivity contribution in [2.75, 3.05) is 7.05 Å². The summed E-state index contributed by atoms with van der Waals surface area (Å²) in [5.74, 6) is 2.67. The third kappa shape index (κ3) is 3.73. The molecule has 1 fully saturated rings. The van der Waals surface area contributed by atoms with E-state index in [0.29, 0.717) is 6.10 Å². The fraction of sp³-hybridized carbons (Fsp3) is 0.647. The van der Waals surface area contributed by atoms with E-state index >= 15 is 0 Å². The van der Waals surface area contributed by atoms with Crippen LogP contribution in [0.25, 0.3) is 0 Å². The molecule has 0 spiro atoms. The summed E-state index contributed by atoms with van der Waals surface area (Å²) < 4.78 is 6.37. The van der Waals surface area contributed by atoms with Gasteiger partial charge in [-0.1, -0.05) is 32.0 Å². The van der Waals surface area contributed by atoms with Crippen LogP contribution in [0, 0.1) is 18.8 Å². The van der Waals surface area contributed by atoms with Crippen LogP contribution < -0.4 is 10.1 Å². The van der Waals surface area contributed by atoms with E-state index in [2.05, 4.69) is 44.3 Å². The number of para-hydroxylation sites is 1. The lowest BCUT2D eigenvalue weighted by Crippen LogP contribution is -2.29. The van der Waals surface area contributed by atoms with Crippen LogP contribution in [0.2, 0.25) is 0 Å². The normalized spacial score (nSPS) is 27.3. The molecular weight excluding hydrogens is 234 g/mol. The van der Waals surface area contributed by atoms with Gasteiger partial charge in [-0.2, -0.15) is 0 Å². The first-order valence-corrected chi connectivity index (χ1v) is 7.50. The lowest BCUT2D eigenvalue weighted by atomic mass is 9.82. The van der Waals surface area contributed by atoms with Gasteiger partial charge in [0.05, 0.1) is 6.10 Å². The summed E-state index contributed by atoms with van der Waals surface area (Å²) in [5, 5.41) is 3.23. The molecule has 1 saturated carbocycles. The van der Waals surface area contributed by atoms with Gasteiger partial charge in [0.2, 0.25) is 0 Å². The molecule has 0 aliphatic heterocycles. The third-order valence-electron chi connectivity index (χ3n) is 4.08. The molecule has 1 aliphatic carbocycles. The molecule has 0 bridgehead atoms. The number of hydrogen-bond acceptors (Lipinski definition) is 2. The number of benzene rings is 1. The van der Waals surface area contributed by atoms with Crippen LogP contribution in [0.15, 0.2) is 18.2 Å². The van der Waals surface area contributed by atoms with Crippen LogP contribution in [-0.2, 0) is 6.54 Å². The van der Waals surface area contributed by atoms with E-state index in [0.717, 1.165) is 24.1 Å². The molecule has 2 heteroatoms. The fourth-order valence-corrected chi connectivity index (χ4v) is 3.35. The summed E-state index contributed by atoms with van der Waals surface area (Å²) in [6, 6.07) is 6.42. The maximum absolute atomic E-state index is 6.37. The van der Waals surface area contributed by atoms with Gasteiger partial charge in [0, 0.05) is 12.1 Å². The van der Waals surface area contributed by atoms with Crippen LogP contribution >= 0.6 is 0 Å². The summed E-state index contributed by atoms with van der Waals surface area (Å²) in [6.45, 7) is 7.70. The van der Waals surface area contributed by atoms with Crippen molar-refractivity contribution in [2.24, 2.45) is 11.8 Å². The molecule has 1 aromatic rings. The molecule has 1 aromatic carbocycles. The summed E-state index contributed by atoms with van der Waals surface area (Å²) in [4.78, 5) is 0. The van der Waals surface area contributed by atoms with Gasteiger partial charge in [-0.15, -0.1) is 0 Å². The molecule has 2 unspecified atom stereocenters. The van der Waals surface area contributed by atoms with Gasteiger partial charge in [0.1, 0.15) is 5.75 Å². The first-order valence-electron chi connectivity index (χ1n) is 7.50. The Morgan fingerprint density at radius 1 is 1.16 bits per heavy atom. The zero-order valence-corrected chi connectivity index (χ0v) is 12.7. The lowest BCUT2D eigenvalue weighted by Gasteiger charge is -2.32. The van der Waals surface area contributed by atoms with Crippen molar-refractivity contribution in [3.63, 3.8) is 0 Å². The second kappa shape index (κ2) is 6.42. The van der Waals surface area contributed by atoms with Crippen LogP contribution in [0.3, 0.4) is 0 Å². The first kappa shape index (κ1) is 14.4. The largest absolute Gasteiger partial charge is 0.490 e. The SMILES string of the molecule is CNCc1cccc(C)c1OC1CC(C)CC(C)C1. The van der Waals surface area contributed by atoms with Crippen molar-refractivity contribution in [1.82, 2.24) is 5.32 Å². The highest BCUT2D eigenvalue weighted by Crippen LogP contribution is 2.33. The van der Waals surface area contributed by atoms with E-state index < -0.39 is 0 Å². The zero-order chi connectivity index (χ0) is 13.8. The van der Waals surface area contributed by atoms with E-state index in [1.807, 2.05) is 7.05 Å². The van der Waals surface area contributed by atoms with E-state index in [9.17, 15) is 0 Å². The maximum atomic E-state index is 6.37. The topological polar surface area (TPSA) is 21.3 Å². The lowest BCUT2D eigenvalue weighted by molar-refractivity contribution is 0.0993. The Morgan fingerprint density at radius 3 is 2.47 bits per heavy atom. The summed E-state index contributed by atoms with van der Waals surface area (Å²) >= 11 is 0. The van der Waals surface area contributed by atoms with Gasteiger partial charge >= 0.3 is 0 Å². The smallest absolute Gasteiger partial charge is 0.127 e. The Bertz CT molecular complexity index is 406. The number of ether oxygens (including phenoxy) is 1. The highest BCUT2D eigenvalue weighted by atomic mass is 16.5. The van der Waals surface area contributed by atoms with Crippen molar-refractivity contribution in [1.29, 1.82) is 0 Å². The Hall–Kier alpha value is -1.02. The molecular formula is C17H27NO. The number of nitrogens with one attached hydrogen (secondary N) is 1. The zero-order valence-electron chi connectivity index (χ0n) is 12.7. The van der Waals surface area contributed by atoms with Gasteiger partial charge in [0.25, 0.3) is 0 Å². The van der Waals surface area contributed by atoms with Gasteiger partial charge < -0.3 is 10.1 Å². The number of rotatable bonds is 4. The van der Waals surface area contributed by atoms with Crippen LogP contribution in [-0.4, -0.2) is 13.2 Å². The molecule has 0 saturated heterocycles. The molecule has 2 rings (SSSR count). The van der Waals surface area contributed by atoms with Crippen molar-refractivity contribution < 1.29 is 4.74 Å². The molecule has 1 aliphatic rings. The average molecular weight is 261 g/mol. The summed E-state index contributed by atoms with van der Waals surface area (Å²) in [7, 11) is 1.98. The Morgan fingerprint density at radius 2 is 1.84 bits per heavy atom. The van der Waals surface area contributed by atoms with E-state index in [1.165, 1.54) is 30.4 Å². The predicted molar refractivity (Wildman–Crippen MR) is 80.5 cm³/mol. The fourth-order valence-electron chi connectivity index (χ4n) is 3.35. The summed E-state index contributed by atoms with van der Waals surface area (Å²) in [6.07, 6.45) is 4.11. The maximum Gasteiger partial charge on any atom is 0.127 e. The minimum absolute atomic E-state index is 0.385. The van der Waals surface area contributed by atoms with E-state index in [-0.39, 0.29) is 0 Å². The molecule has 1 N–H and O–H groups in total. The monoisotopic (exact) mass is 261 g/mol. The van der Waals surface area contributed by atoms with Crippen molar-refractivity contribution >= 4 is 0 Å². The van der Waals surface area contributed by atoms with E-state index in [1.54, 1.807) is 0 Å². The molecule has 19 heavy (non-hydrogen) atoms. The molecule has 0 radical (unpaired) electrons. The Balaban J connectivity index is 2.13. The molecule has 0 amide bonds. The minimum Gasteiger partial charge on any atom is -0.490 e. The molecule has 0 heterocycles. The Kier molecular flexibility index (Phi) is 4.87. The third-order valence-corrected chi connectivity index (χ3v) is 4.08. The van der Waals surface area contributed by atoms with E-state index in [4.69, 9.17) is 4.74 Å². The van der Waals surface area contributed by atoms with Crippen LogP contribution in [0.1, 0.15) is 44.2 Å². The highest BCUT2D eigenvalue weighted by molar-refractivity contribution is 5.40. The van der Waals surface area contributed by atoms with Crippen molar-refractivity contribution in [2.45, 2.75) is 52.7 Å². The second-order valence-electron chi connectivity index (χ2n) is 6.25. The van der Waals surface area contributed by atoms with Crippen molar-refractivity contribution in [3.8, 4) is 5.75 Å².